The third-order valence-corrected chi connectivity index (χ3v) is 8.63. The molecule has 37 heavy (non-hydrogen) atoms. The SMILES string of the molecule is CCCCCCCCCCCCCCCCCC(=S)CCCCCCCCCCCCCCCCCN. The van der Waals surface area contributed by atoms with Crippen LogP contribution in [0.5, 0.6) is 0 Å². The number of hydrogen-bond acceptors (Lipinski definition) is 2. The molecule has 0 aromatic carbocycles. The molecule has 0 bridgehead atoms. The van der Waals surface area contributed by atoms with Crippen molar-refractivity contribution in [3.05, 3.63) is 0 Å². The van der Waals surface area contributed by atoms with E-state index < -0.39 is 0 Å². The summed E-state index contributed by atoms with van der Waals surface area (Å²) >= 11 is 5.65. The lowest BCUT2D eigenvalue weighted by atomic mass is 10.0. The molecule has 2 N–H and O–H groups in total. The molecule has 0 saturated carbocycles. The van der Waals surface area contributed by atoms with Gasteiger partial charge in [0.15, 0.2) is 0 Å². The van der Waals surface area contributed by atoms with Gasteiger partial charge in [0.1, 0.15) is 0 Å². The Labute approximate surface area is 241 Å². The molecule has 0 saturated heterocycles. The first-order valence-electron chi connectivity index (χ1n) is 17.5. The molecule has 0 amide bonds. The van der Waals surface area contributed by atoms with Crippen LogP contribution in [-0.4, -0.2) is 11.4 Å². The number of nitrogens with two attached hydrogens (primary N) is 1. The highest BCUT2D eigenvalue weighted by Crippen LogP contribution is 2.16. The first-order valence-corrected chi connectivity index (χ1v) is 17.9. The fourth-order valence-electron chi connectivity index (χ4n) is 5.58. The molecule has 0 aliphatic carbocycles. The van der Waals surface area contributed by atoms with E-state index >= 15 is 0 Å². The van der Waals surface area contributed by atoms with Gasteiger partial charge in [0, 0.05) is 0 Å². The largest absolute Gasteiger partial charge is 0.330 e. The lowest BCUT2D eigenvalue weighted by Crippen LogP contribution is -1.97. The van der Waals surface area contributed by atoms with Gasteiger partial charge in [-0.05, 0) is 43.5 Å². The summed E-state index contributed by atoms with van der Waals surface area (Å²) in [5.41, 5.74) is 5.54. The smallest absolute Gasteiger partial charge is 0.00715 e. The van der Waals surface area contributed by atoms with E-state index in [0.717, 1.165) is 6.54 Å². The average molecular weight is 538 g/mol. The van der Waals surface area contributed by atoms with E-state index in [4.69, 9.17) is 18.0 Å². The van der Waals surface area contributed by atoms with Crippen molar-refractivity contribution >= 4 is 17.1 Å². The second kappa shape index (κ2) is 34.1. The van der Waals surface area contributed by atoms with Crippen LogP contribution >= 0.6 is 12.2 Å². The predicted molar refractivity (Wildman–Crippen MR) is 175 cm³/mol. The van der Waals surface area contributed by atoms with Gasteiger partial charge in [-0.15, -0.1) is 0 Å². The minimum absolute atomic E-state index is 0.868. The van der Waals surface area contributed by atoms with Crippen LogP contribution in [0.3, 0.4) is 0 Å². The normalized spacial score (nSPS) is 11.4. The Morgan fingerprint density at radius 1 is 0.351 bits per heavy atom. The molecule has 0 aliphatic rings. The zero-order valence-electron chi connectivity index (χ0n) is 25.8. The maximum absolute atomic E-state index is 5.65. The van der Waals surface area contributed by atoms with Crippen molar-refractivity contribution in [2.45, 2.75) is 212 Å². The van der Waals surface area contributed by atoms with Crippen LogP contribution in [0.2, 0.25) is 0 Å². The summed E-state index contributed by atoms with van der Waals surface area (Å²) in [5, 5.41) is 0. The van der Waals surface area contributed by atoms with Gasteiger partial charge in [-0.2, -0.15) is 0 Å². The van der Waals surface area contributed by atoms with E-state index in [0.29, 0.717) is 0 Å². The second-order valence-corrected chi connectivity index (χ2v) is 12.7. The van der Waals surface area contributed by atoms with Gasteiger partial charge >= 0.3 is 0 Å². The highest BCUT2D eigenvalue weighted by atomic mass is 32.1. The molecular weight excluding hydrogens is 466 g/mol. The molecule has 0 unspecified atom stereocenters. The summed E-state index contributed by atoms with van der Waals surface area (Å²) in [5.74, 6) is 0. The lowest BCUT2D eigenvalue weighted by molar-refractivity contribution is 0.531. The number of thiocarbonyl (C=S) groups is 1. The Balaban J connectivity index is 3.14. The van der Waals surface area contributed by atoms with Gasteiger partial charge in [-0.3, -0.25) is 0 Å². The predicted octanol–water partition coefficient (Wildman–Crippen LogP) is 12.8. The van der Waals surface area contributed by atoms with Crippen molar-refractivity contribution in [1.29, 1.82) is 0 Å². The van der Waals surface area contributed by atoms with Gasteiger partial charge in [-0.1, -0.05) is 193 Å². The molecule has 0 fully saturated rings. The maximum atomic E-state index is 5.65. The zero-order valence-corrected chi connectivity index (χ0v) is 26.6. The molecule has 0 spiro atoms. The summed E-state index contributed by atoms with van der Waals surface area (Å²) in [7, 11) is 0. The summed E-state index contributed by atoms with van der Waals surface area (Å²) < 4.78 is 0. The fraction of sp³-hybridized carbons (Fsp3) is 0.971. The molecule has 1 nitrogen and oxygen atoms in total. The summed E-state index contributed by atoms with van der Waals surface area (Å²) in [6.07, 6.45) is 45.1. The van der Waals surface area contributed by atoms with Crippen molar-refractivity contribution in [3.63, 3.8) is 0 Å². The monoisotopic (exact) mass is 538 g/mol. The topological polar surface area (TPSA) is 26.0 Å². The summed E-state index contributed by atoms with van der Waals surface area (Å²) in [6.45, 7) is 3.17. The molecule has 222 valence electrons. The Morgan fingerprint density at radius 3 is 0.811 bits per heavy atom. The molecule has 0 rings (SSSR count). The lowest BCUT2D eigenvalue weighted by Gasteiger charge is -2.06. The molecule has 0 aromatic rings. The van der Waals surface area contributed by atoms with Crippen molar-refractivity contribution in [1.82, 2.24) is 0 Å². The standard InChI is InChI=1S/C35H71NS/c1-2-3-4-5-6-7-8-9-11-14-17-20-23-26-29-32-35(37)33-30-27-24-21-18-15-12-10-13-16-19-22-25-28-31-34-36/h2-34,36H2,1H3. The van der Waals surface area contributed by atoms with Crippen LogP contribution in [-0.2, 0) is 0 Å². The molecule has 0 atom stereocenters. The van der Waals surface area contributed by atoms with Gasteiger partial charge < -0.3 is 5.73 Å². The van der Waals surface area contributed by atoms with Crippen molar-refractivity contribution in [2.24, 2.45) is 5.73 Å². The molecule has 0 aliphatic heterocycles. The van der Waals surface area contributed by atoms with Gasteiger partial charge in [0.25, 0.3) is 0 Å². The summed E-state index contributed by atoms with van der Waals surface area (Å²) in [4.78, 5) is 1.36. The van der Waals surface area contributed by atoms with E-state index in [9.17, 15) is 0 Å². The van der Waals surface area contributed by atoms with Crippen LogP contribution in [0.25, 0.3) is 0 Å². The van der Waals surface area contributed by atoms with E-state index in [1.807, 2.05) is 0 Å². The quantitative estimate of drug-likeness (QED) is 0.0665. The van der Waals surface area contributed by atoms with Crippen molar-refractivity contribution in [3.8, 4) is 0 Å². The van der Waals surface area contributed by atoms with Crippen molar-refractivity contribution < 1.29 is 0 Å². The highest BCUT2D eigenvalue weighted by molar-refractivity contribution is 7.80. The molecular formula is C35H71NS. The van der Waals surface area contributed by atoms with Gasteiger partial charge in [0.2, 0.25) is 0 Å². The second-order valence-electron chi connectivity index (χ2n) is 12.1. The number of hydrogen-bond donors (Lipinski definition) is 1. The average Bonchev–Trinajstić information content (AvgIpc) is 2.90. The Bertz CT molecular complexity index is 421. The molecule has 0 radical (unpaired) electrons. The van der Waals surface area contributed by atoms with Gasteiger partial charge in [-0.25, -0.2) is 0 Å². The summed E-state index contributed by atoms with van der Waals surface area (Å²) in [6, 6.07) is 0. The van der Waals surface area contributed by atoms with Crippen molar-refractivity contribution in [2.75, 3.05) is 6.54 Å². The van der Waals surface area contributed by atoms with Crippen LogP contribution in [0.4, 0.5) is 0 Å². The van der Waals surface area contributed by atoms with E-state index in [2.05, 4.69) is 6.92 Å². The minimum Gasteiger partial charge on any atom is -0.330 e. The third kappa shape index (κ3) is 34.0. The highest BCUT2D eigenvalue weighted by Gasteiger charge is 2.00. The minimum atomic E-state index is 0.868. The van der Waals surface area contributed by atoms with E-state index in [1.165, 1.54) is 210 Å². The van der Waals surface area contributed by atoms with Gasteiger partial charge in [0.05, 0.1) is 0 Å². The third-order valence-electron chi connectivity index (χ3n) is 8.22. The molecule has 0 heterocycles. The first-order chi connectivity index (χ1) is 18.3. The Hall–Kier alpha value is 0.0500. The molecule has 2 heteroatoms. The number of unbranched alkanes of at least 4 members (excludes halogenated alkanes) is 28. The van der Waals surface area contributed by atoms with Crippen LogP contribution in [0.15, 0.2) is 0 Å². The van der Waals surface area contributed by atoms with E-state index in [1.54, 1.807) is 0 Å². The van der Waals surface area contributed by atoms with E-state index in [-0.39, 0.29) is 0 Å². The molecule has 0 aromatic heterocycles. The maximum Gasteiger partial charge on any atom is -0.00715 e. The zero-order chi connectivity index (χ0) is 26.9. The van der Waals surface area contributed by atoms with Crippen LogP contribution < -0.4 is 5.73 Å². The Kier molecular flexibility index (Phi) is 34.1. The first kappa shape index (κ1) is 37.0. The van der Waals surface area contributed by atoms with Crippen LogP contribution in [0, 0.1) is 0 Å². The fourth-order valence-corrected chi connectivity index (χ4v) is 5.87. The Morgan fingerprint density at radius 2 is 0.568 bits per heavy atom. The van der Waals surface area contributed by atoms with Crippen LogP contribution in [0.1, 0.15) is 212 Å². The number of rotatable bonds is 33.